The molecular weight excluding hydrogens is 371 g/mol. The van der Waals surface area contributed by atoms with Crippen LogP contribution in [0.1, 0.15) is 33.5 Å². The van der Waals surface area contributed by atoms with Crippen LogP contribution < -0.4 is 11.2 Å². The zero-order valence-electron chi connectivity index (χ0n) is 13.7. The normalized spacial score (nSPS) is 12.9. The van der Waals surface area contributed by atoms with Gasteiger partial charge in [0, 0.05) is 11.6 Å². The number of nitrogens with zero attached hydrogens (tertiary/aromatic N) is 4. The van der Waals surface area contributed by atoms with Crippen LogP contribution in [-0.4, -0.2) is 31.0 Å². The second-order valence-corrected chi connectivity index (χ2v) is 8.31. The molecule has 2 rings (SSSR count). The maximum atomic E-state index is 12.3. The first-order valence-electron chi connectivity index (χ1n) is 7.09. The summed E-state index contributed by atoms with van der Waals surface area (Å²) in [6, 6.07) is 1.51. The summed E-state index contributed by atoms with van der Waals surface area (Å²) in [7, 11) is 0. The Hall–Kier alpha value is -1.51. The molecule has 2 aromatic rings. The van der Waals surface area contributed by atoms with Crippen LogP contribution in [0.15, 0.2) is 17.4 Å². The third kappa shape index (κ3) is 4.31. The average Bonchev–Trinajstić information content (AvgIpc) is 2.83. The Labute approximate surface area is 154 Å². The van der Waals surface area contributed by atoms with Crippen LogP contribution >= 0.6 is 35.0 Å². The first-order chi connectivity index (χ1) is 11.1. The number of carbonyl (C=O) groups is 1. The van der Waals surface area contributed by atoms with Gasteiger partial charge in [0.25, 0.3) is 0 Å². The number of nitrogen functional groups attached to an aromatic ring is 1. The summed E-state index contributed by atoms with van der Waals surface area (Å²) in [5.74, 6) is 6.63. The molecule has 3 N–H and O–H groups in total. The van der Waals surface area contributed by atoms with Gasteiger partial charge < -0.3 is 11.2 Å². The van der Waals surface area contributed by atoms with Gasteiger partial charge in [0.05, 0.1) is 15.3 Å². The van der Waals surface area contributed by atoms with Crippen LogP contribution in [0.3, 0.4) is 0 Å². The number of pyridine rings is 1. The van der Waals surface area contributed by atoms with Gasteiger partial charge in [-0.2, -0.15) is 0 Å². The number of halogens is 2. The van der Waals surface area contributed by atoms with Crippen molar-refractivity contribution in [3.8, 4) is 0 Å². The second-order valence-electron chi connectivity index (χ2n) is 6.16. The Kier molecular flexibility index (Phi) is 5.62. The molecule has 24 heavy (non-hydrogen) atoms. The summed E-state index contributed by atoms with van der Waals surface area (Å²) >= 11 is 13.0. The van der Waals surface area contributed by atoms with E-state index in [2.05, 4.69) is 20.5 Å². The van der Waals surface area contributed by atoms with Gasteiger partial charge in [-0.1, -0.05) is 55.7 Å². The summed E-state index contributed by atoms with van der Waals surface area (Å²) in [4.78, 5) is 16.3. The molecule has 10 heteroatoms. The molecule has 7 nitrogen and oxygen atoms in total. The minimum atomic E-state index is -0.474. The van der Waals surface area contributed by atoms with E-state index in [1.54, 1.807) is 6.92 Å². The minimum absolute atomic E-state index is 0.243. The first-order valence-corrected chi connectivity index (χ1v) is 8.72. The van der Waals surface area contributed by atoms with Gasteiger partial charge in [-0.05, 0) is 13.0 Å². The number of hydrogen-bond acceptors (Lipinski definition) is 6. The van der Waals surface area contributed by atoms with Crippen LogP contribution in [0.2, 0.25) is 10.0 Å². The molecule has 0 aliphatic carbocycles. The maximum Gasteiger partial charge on any atom is 0.238 e. The van der Waals surface area contributed by atoms with Crippen molar-refractivity contribution in [2.24, 2.45) is 0 Å². The van der Waals surface area contributed by atoms with Gasteiger partial charge in [-0.25, -0.2) is 9.66 Å². The van der Waals surface area contributed by atoms with Crippen molar-refractivity contribution in [2.75, 3.05) is 11.2 Å². The van der Waals surface area contributed by atoms with E-state index in [9.17, 15) is 4.79 Å². The molecule has 0 saturated heterocycles. The topological polar surface area (TPSA) is 98.7 Å². The number of hydrogen-bond donors (Lipinski definition) is 2. The Bertz CT molecular complexity index is 758. The molecule has 1 atom stereocenters. The molecule has 0 aliphatic heterocycles. The first kappa shape index (κ1) is 18.8. The standard InChI is InChI=1S/C14H18Cl2N6OS/c1-7(11(23)19-10-9(16)5-8(15)6-18-10)24-13-21-20-12(22(13)17)14(2,3)4/h5-7H,17H2,1-4H3,(H,18,19,23)/t7-/m1/s1. The molecule has 1 amide bonds. The Morgan fingerprint density at radius 3 is 2.58 bits per heavy atom. The van der Waals surface area contributed by atoms with Gasteiger partial charge in [0.15, 0.2) is 11.6 Å². The smallest absolute Gasteiger partial charge is 0.238 e. The van der Waals surface area contributed by atoms with Crippen LogP contribution in [0.5, 0.6) is 0 Å². The predicted molar refractivity (Wildman–Crippen MR) is 97.1 cm³/mol. The van der Waals surface area contributed by atoms with Gasteiger partial charge in [-0.3, -0.25) is 4.79 Å². The van der Waals surface area contributed by atoms with Crippen molar-refractivity contribution < 1.29 is 4.79 Å². The molecule has 0 fully saturated rings. The Morgan fingerprint density at radius 2 is 2.04 bits per heavy atom. The third-order valence-corrected chi connectivity index (χ3v) is 4.59. The van der Waals surface area contributed by atoms with Crippen molar-refractivity contribution in [3.05, 3.63) is 28.1 Å². The third-order valence-electron chi connectivity index (χ3n) is 3.04. The highest BCUT2D eigenvalue weighted by molar-refractivity contribution is 8.00. The average molecular weight is 389 g/mol. The van der Waals surface area contributed by atoms with E-state index in [-0.39, 0.29) is 22.2 Å². The SMILES string of the molecule is C[C@@H](Sc1nnc(C(C)(C)C)n1N)C(=O)Nc1ncc(Cl)cc1Cl. The lowest BCUT2D eigenvalue weighted by Crippen LogP contribution is -2.26. The summed E-state index contributed by atoms with van der Waals surface area (Å²) in [6.45, 7) is 7.69. The fourth-order valence-corrected chi connectivity index (χ4v) is 3.00. The molecule has 2 heterocycles. The van der Waals surface area contributed by atoms with Crippen molar-refractivity contribution in [1.29, 1.82) is 0 Å². The summed E-state index contributed by atoms with van der Waals surface area (Å²) in [5, 5.41) is 11.4. The van der Waals surface area contributed by atoms with Crippen LogP contribution in [0.25, 0.3) is 0 Å². The van der Waals surface area contributed by atoms with Gasteiger partial charge in [0.2, 0.25) is 11.1 Å². The highest BCUT2D eigenvalue weighted by Gasteiger charge is 2.25. The van der Waals surface area contributed by atoms with Crippen molar-refractivity contribution >= 4 is 46.7 Å². The quantitative estimate of drug-likeness (QED) is 0.616. The fraction of sp³-hybridized carbons (Fsp3) is 0.429. The Balaban J connectivity index is 2.08. The van der Waals surface area contributed by atoms with E-state index >= 15 is 0 Å². The van der Waals surface area contributed by atoms with Gasteiger partial charge in [-0.15, -0.1) is 10.2 Å². The van der Waals surface area contributed by atoms with Crippen molar-refractivity contribution in [1.82, 2.24) is 19.9 Å². The second kappa shape index (κ2) is 7.16. The molecule has 0 unspecified atom stereocenters. The van der Waals surface area contributed by atoms with E-state index in [0.717, 1.165) is 0 Å². The molecule has 130 valence electrons. The lowest BCUT2D eigenvalue weighted by molar-refractivity contribution is -0.115. The monoisotopic (exact) mass is 388 g/mol. The summed E-state index contributed by atoms with van der Waals surface area (Å²) in [6.07, 6.45) is 1.41. The largest absolute Gasteiger partial charge is 0.336 e. The van der Waals surface area contributed by atoms with E-state index < -0.39 is 5.25 Å². The van der Waals surface area contributed by atoms with Crippen LogP contribution in [0.4, 0.5) is 5.82 Å². The van der Waals surface area contributed by atoms with E-state index in [1.807, 2.05) is 20.8 Å². The number of thioether (sulfide) groups is 1. The number of anilines is 1. The Morgan fingerprint density at radius 1 is 1.38 bits per heavy atom. The molecular formula is C14H18Cl2N6OS. The van der Waals surface area contributed by atoms with E-state index in [4.69, 9.17) is 29.0 Å². The minimum Gasteiger partial charge on any atom is -0.336 e. The zero-order valence-corrected chi connectivity index (χ0v) is 16.0. The van der Waals surface area contributed by atoms with Crippen molar-refractivity contribution in [3.63, 3.8) is 0 Å². The zero-order chi connectivity index (χ0) is 18.1. The summed E-state index contributed by atoms with van der Waals surface area (Å²) in [5.41, 5.74) is -0.243. The number of amides is 1. The number of rotatable bonds is 4. The number of carbonyl (C=O) groups excluding carboxylic acids is 1. The van der Waals surface area contributed by atoms with Crippen molar-refractivity contribution in [2.45, 2.75) is 43.5 Å². The van der Waals surface area contributed by atoms with E-state index in [1.165, 1.54) is 28.7 Å². The molecule has 0 aliphatic rings. The predicted octanol–water partition coefficient (Wildman–Crippen LogP) is 3.11. The molecule has 2 aromatic heterocycles. The highest BCUT2D eigenvalue weighted by Crippen LogP contribution is 2.27. The van der Waals surface area contributed by atoms with Crippen LogP contribution in [-0.2, 0) is 10.2 Å². The van der Waals surface area contributed by atoms with Crippen LogP contribution in [0, 0.1) is 0 Å². The van der Waals surface area contributed by atoms with Gasteiger partial charge in [0.1, 0.15) is 0 Å². The number of nitrogens with one attached hydrogen (secondary N) is 1. The lowest BCUT2D eigenvalue weighted by Gasteiger charge is -2.17. The highest BCUT2D eigenvalue weighted by atomic mass is 35.5. The van der Waals surface area contributed by atoms with Gasteiger partial charge >= 0.3 is 0 Å². The number of nitrogens with two attached hydrogens (primary N) is 1. The fourth-order valence-electron chi connectivity index (χ4n) is 1.81. The molecule has 0 radical (unpaired) electrons. The molecule has 0 saturated carbocycles. The molecule has 0 spiro atoms. The molecule has 0 bridgehead atoms. The lowest BCUT2D eigenvalue weighted by atomic mass is 9.96. The number of aromatic nitrogens is 4. The van der Waals surface area contributed by atoms with E-state index in [0.29, 0.717) is 16.0 Å². The molecule has 0 aromatic carbocycles. The maximum absolute atomic E-state index is 12.3. The summed E-state index contributed by atoms with van der Waals surface area (Å²) < 4.78 is 1.40.